The zero-order valence-corrected chi connectivity index (χ0v) is 11.5. The summed E-state index contributed by atoms with van der Waals surface area (Å²) in [5.41, 5.74) is 0.452. The van der Waals surface area contributed by atoms with Crippen LogP contribution in [0.1, 0.15) is 39.5 Å². The maximum absolute atomic E-state index is 8.68. The summed E-state index contributed by atoms with van der Waals surface area (Å²) in [5.74, 6) is 1.67. The number of nitrogens with zero attached hydrogens (tertiary/aromatic N) is 2. The van der Waals surface area contributed by atoms with Crippen LogP contribution in [0.4, 0.5) is 0 Å². The third kappa shape index (κ3) is 3.99. The van der Waals surface area contributed by atoms with Crippen LogP contribution < -0.4 is 0 Å². The first kappa shape index (κ1) is 13.9. The van der Waals surface area contributed by atoms with Crippen LogP contribution in [-0.4, -0.2) is 30.3 Å². The van der Waals surface area contributed by atoms with Gasteiger partial charge in [-0.05, 0) is 29.9 Å². The van der Waals surface area contributed by atoms with Gasteiger partial charge < -0.3 is 4.90 Å². The fraction of sp³-hybridized carbons (Fsp3) is 0.923. The molecule has 2 nitrogen and oxygen atoms in total. The van der Waals surface area contributed by atoms with Gasteiger partial charge in [-0.1, -0.05) is 20.3 Å². The SMILES string of the molecule is CC(C)CN(CCC#N)CC1(CS)CCC1. The first-order chi connectivity index (χ1) is 7.62. The summed E-state index contributed by atoms with van der Waals surface area (Å²) in [6.45, 7) is 7.65. The topological polar surface area (TPSA) is 27.0 Å². The van der Waals surface area contributed by atoms with Crippen LogP contribution in [0.25, 0.3) is 0 Å². The number of hydrogen-bond acceptors (Lipinski definition) is 3. The van der Waals surface area contributed by atoms with E-state index in [1.54, 1.807) is 0 Å². The van der Waals surface area contributed by atoms with Crippen LogP contribution in [0.2, 0.25) is 0 Å². The molecule has 0 atom stereocenters. The van der Waals surface area contributed by atoms with Crippen molar-refractivity contribution >= 4 is 12.6 Å². The van der Waals surface area contributed by atoms with Crippen molar-refractivity contribution in [2.75, 3.05) is 25.4 Å². The van der Waals surface area contributed by atoms with Crippen molar-refractivity contribution in [3.63, 3.8) is 0 Å². The van der Waals surface area contributed by atoms with Crippen LogP contribution in [0.15, 0.2) is 0 Å². The molecule has 16 heavy (non-hydrogen) atoms. The highest BCUT2D eigenvalue weighted by molar-refractivity contribution is 7.80. The molecule has 0 bridgehead atoms. The Balaban J connectivity index is 2.45. The molecule has 0 aliphatic heterocycles. The molecule has 92 valence electrons. The molecule has 0 radical (unpaired) electrons. The van der Waals surface area contributed by atoms with Gasteiger partial charge in [0.25, 0.3) is 0 Å². The second-order valence-corrected chi connectivity index (χ2v) is 5.86. The van der Waals surface area contributed by atoms with Crippen molar-refractivity contribution in [3.8, 4) is 6.07 Å². The van der Waals surface area contributed by atoms with E-state index < -0.39 is 0 Å². The lowest BCUT2D eigenvalue weighted by Gasteiger charge is -2.44. The summed E-state index contributed by atoms with van der Waals surface area (Å²) in [6.07, 6.45) is 4.64. The molecule has 0 unspecified atom stereocenters. The minimum Gasteiger partial charge on any atom is -0.301 e. The molecular weight excluding hydrogens is 216 g/mol. The smallest absolute Gasteiger partial charge is 0.0635 e. The van der Waals surface area contributed by atoms with Gasteiger partial charge in [0.2, 0.25) is 0 Å². The second kappa shape index (κ2) is 6.51. The predicted molar refractivity (Wildman–Crippen MR) is 71.6 cm³/mol. The van der Waals surface area contributed by atoms with Gasteiger partial charge in [-0.2, -0.15) is 17.9 Å². The molecule has 1 rings (SSSR count). The lowest BCUT2D eigenvalue weighted by molar-refractivity contribution is 0.0846. The molecule has 1 aliphatic rings. The number of thiol groups is 1. The van der Waals surface area contributed by atoms with Crippen molar-refractivity contribution in [2.24, 2.45) is 11.3 Å². The monoisotopic (exact) mass is 240 g/mol. The van der Waals surface area contributed by atoms with Crippen LogP contribution in [0.3, 0.4) is 0 Å². The quantitative estimate of drug-likeness (QED) is 0.693. The van der Waals surface area contributed by atoms with E-state index in [-0.39, 0.29) is 0 Å². The summed E-state index contributed by atoms with van der Waals surface area (Å²) in [4.78, 5) is 2.46. The minimum absolute atomic E-state index is 0.452. The fourth-order valence-corrected chi connectivity index (χ4v) is 2.89. The van der Waals surface area contributed by atoms with E-state index in [0.717, 1.165) is 25.4 Å². The van der Waals surface area contributed by atoms with Gasteiger partial charge >= 0.3 is 0 Å². The van der Waals surface area contributed by atoms with Crippen LogP contribution >= 0.6 is 12.6 Å². The molecule has 1 aliphatic carbocycles. The molecule has 0 aromatic carbocycles. The molecule has 1 saturated carbocycles. The minimum atomic E-state index is 0.452. The van der Waals surface area contributed by atoms with E-state index in [2.05, 4.69) is 37.4 Å². The van der Waals surface area contributed by atoms with Gasteiger partial charge in [-0.15, -0.1) is 0 Å². The van der Waals surface area contributed by atoms with Crippen molar-refractivity contribution in [3.05, 3.63) is 0 Å². The molecule has 0 heterocycles. The lowest BCUT2D eigenvalue weighted by Crippen LogP contribution is -2.45. The number of nitriles is 1. The molecule has 0 N–H and O–H groups in total. The highest BCUT2D eigenvalue weighted by Crippen LogP contribution is 2.42. The Morgan fingerprint density at radius 3 is 2.50 bits per heavy atom. The van der Waals surface area contributed by atoms with E-state index in [9.17, 15) is 0 Å². The first-order valence-electron chi connectivity index (χ1n) is 6.32. The molecular formula is C13H24N2S. The standard InChI is InChI=1S/C13H24N2S/c1-12(2)9-15(8-4-7-14)10-13(11-16)5-3-6-13/h12,16H,3-6,8-11H2,1-2H3. The summed E-state index contributed by atoms with van der Waals surface area (Å²) in [6, 6.07) is 2.25. The average Bonchev–Trinajstić information content (AvgIpc) is 2.19. The third-order valence-electron chi connectivity index (χ3n) is 3.47. The van der Waals surface area contributed by atoms with Gasteiger partial charge in [0.05, 0.1) is 6.07 Å². The summed E-state index contributed by atoms with van der Waals surface area (Å²) < 4.78 is 0. The Kier molecular flexibility index (Phi) is 5.64. The van der Waals surface area contributed by atoms with Gasteiger partial charge in [0, 0.05) is 26.1 Å². The average molecular weight is 240 g/mol. The van der Waals surface area contributed by atoms with Gasteiger partial charge in [0.15, 0.2) is 0 Å². The largest absolute Gasteiger partial charge is 0.301 e. The predicted octanol–water partition coefficient (Wildman–Crippen LogP) is 2.96. The Bertz CT molecular complexity index is 235. The van der Waals surface area contributed by atoms with E-state index in [1.165, 1.54) is 19.3 Å². The molecule has 0 aromatic heterocycles. The highest BCUT2D eigenvalue weighted by atomic mass is 32.1. The zero-order valence-electron chi connectivity index (χ0n) is 10.6. The molecule has 3 heteroatoms. The third-order valence-corrected chi connectivity index (χ3v) is 4.14. The molecule has 0 aromatic rings. The van der Waals surface area contributed by atoms with Gasteiger partial charge in [0.1, 0.15) is 0 Å². The van der Waals surface area contributed by atoms with E-state index >= 15 is 0 Å². The Morgan fingerprint density at radius 2 is 2.12 bits per heavy atom. The van der Waals surface area contributed by atoms with Crippen LogP contribution in [0.5, 0.6) is 0 Å². The number of hydrogen-bond donors (Lipinski definition) is 1. The zero-order chi connectivity index (χ0) is 12.0. The van der Waals surface area contributed by atoms with E-state index in [0.29, 0.717) is 17.8 Å². The van der Waals surface area contributed by atoms with Crippen molar-refractivity contribution in [1.29, 1.82) is 5.26 Å². The molecule has 1 fully saturated rings. The second-order valence-electron chi connectivity index (χ2n) is 5.55. The molecule has 0 spiro atoms. The maximum atomic E-state index is 8.68. The lowest BCUT2D eigenvalue weighted by atomic mass is 9.70. The van der Waals surface area contributed by atoms with Crippen molar-refractivity contribution in [2.45, 2.75) is 39.5 Å². The molecule has 0 saturated heterocycles. The normalized spacial score (nSPS) is 18.5. The summed E-state index contributed by atoms with van der Waals surface area (Å²) >= 11 is 4.50. The van der Waals surface area contributed by atoms with Crippen LogP contribution in [-0.2, 0) is 0 Å². The highest BCUT2D eigenvalue weighted by Gasteiger charge is 2.37. The van der Waals surface area contributed by atoms with E-state index in [1.807, 2.05) is 0 Å². The maximum Gasteiger partial charge on any atom is 0.0635 e. The Morgan fingerprint density at radius 1 is 1.44 bits per heavy atom. The first-order valence-corrected chi connectivity index (χ1v) is 6.95. The van der Waals surface area contributed by atoms with Crippen molar-refractivity contribution < 1.29 is 0 Å². The fourth-order valence-electron chi connectivity index (χ4n) is 2.48. The van der Waals surface area contributed by atoms with E-state index in [4.69, 9.17) is 5.26 Å². The molecule has 0 amide bonds. The summed E-state index contributed by atoms with van der Waals surface area (Å²) in [5, 5.41) is 8.68. The summed E-state index contributed by atoms with van der Waals surface area (Å²) in [7, 11) is 0. The van der Waals surface area contributed by atoms with Gasteiger partial charge in [-0.25, -0.2) is 0 Å². The number of rotatable bonds is 7. The van der Waals surface area contributed by atoms with Crippen molar-refractivity contribution in [1.82, 2.24) is 4.90 Å². The van der Waals surface area contributed by atoms with Crippen LogP contribution in [0, 0.1) is 22.7 Å². The van der Waals surface area contributed by atoms with Gasteiger partial charge in [-0.3, -0.25) is 0 Å². The Hall–Kier alpha value is -0.200. The Labute approximate surface area is 105 Å².